The number of rotatable bonds is 3. The molecule has 2 aromatic rings. The first-order chi connectivity index (χ1) is 13.1. The molecule has 0 heterocycles. The van der Waals surface area contributed by atoms with E-state index in [-0.39, 0.29) is 5.75 Å². The molecule has 1 atom stereocenters. The predicted octanol–water partition coefficient (Wildman–Crippen LogP) is 5.51. The van der Waals surface area contributed by atoms with E-state index in [0.717, 1.165) is 29.5 Å². The molecule has 0 saturated carbocycles. The normalized spacial score (nSPS) is 18.2. The first kappa shape index (κ1) is 19.1. The number of halogens is 3. The fourth-order valence-corrected chi connectivity index (χ4v) is 4.72. The van der Waals surface area contributed by atoms with Crippen molar-refractivity contribution in [1.29, 1.82) is 0 Å². The molecule has 0 aromatic heterocycles. The summed E-state index contributed by atoms with van der Waals surface area (Å²) in [5, 5.41) is 0. The van der Waals surface area contributed by atoms with E-state index in [4.69, 9.17) is 0 Å². The largest absolute Gasteiger partial charge is 0.534 e. The van der Waals surface area contributed by atoms with Crippen molar-refractivity contribution in [2.24, 2.45) is 0 Å². The van der Waals surface area contributed by atoms with E-state index in [1.165, 1.54) is 22.8 Å². The lowest BCUT2D eigenvalue weighted by atomic mass is 9.87. The van der Waals surface area contributed by atoms with Gasteiger partial charge in [-0.25, -0.2) is 0 Å². The molecule has 4 rings (SSSR count). The molecule has 1 unspecified atom stereocenters. The fourth-order valence-electron chi connectivity index (χ4n) is 4.24. The van der Waals surface area contributed by atoms with Gasteiger partial charge in [-0.05, 0) is 71.6 Å². The van der Waals surface area contributed by atoms with Crippen molar-refractivity contribution in [1.82, 2.24) is 0 Å². The van der Waals surface area contributed by atoms with E-state index >= 15 is 0 Å². The Bertz CT molecular complexity index is 1100. The highest BCUT2D eigenvalue weighted by atomic mass is 32.2. The van der Waals surface area contributed by atoms with E-state index in [2.05, 4.69) is 30.2 Å². The van der Waals surface area contributed by atoms with Gasteiger partial charge in [0.2, 0.25) is 0 Å². The van der Waals surface area contributed by atoms with Crippen LogP contribution in [-0.2, 0) is 23.0 Å². The van der Waals surface area contributed by atoms with Crippen LogP contribution in [0.5, 0.6) is 5.75 Å². The van der Waals surface area contributed by atoms with Crippen molar-refractivity contribution in [3.63, 3.8) is 0 Å². The summed E-state index contributed by atoms with van der Waals surface area (Å²) < 4.78 is 65.5. The van der Waals surface area contributed by atoms with Crippen LogP contribution in [0.15, 0.2) is 30.3 Å². The van der Waals surface area contributed by atoms with Crippen LogP contribution in [0, 0.1) is 6.92 Å². The van der Waals surface area contributed by atoms with Crippen molar-refractivity contribution < 1.29 is 25.8 Å². The number of benzene rings is 2. The molecule has 0 spiro atoms. The highest BCUT2D eigenvalue weighted by Gasteiger charge is 2.49. The van der Waals surface area contributed by atoms with Gasteiger partial charge >= 0.3 is 15.6 Å². The number of aryl methyl sites for hydroxylation is 1. The Morgan fingerprint density at radius 3 is 2.50 bits per heavy atom. The molecule has 7 heteroatoms. The Morgan fingerprint density at radius 2 is 1.79 bits per heavy atom. The van der Waals surface area contributed by atoms with Gasteiger partial charge in [0.1, 0.15) is 5.75 Å². The van der Waals surface area contributed by atoms with Gasteiger partial charge in [0.05, 0.1) is 0 Å². The lowest BCUT2D eigenvalue weighted by Crippen LogP contribution is -2.28. The van der Waals surface area contributed by atoms with Crippen LogP contribution in [0.25, 0.3) is 17.2 Å². The molecule has 2 aromatic carbocycles. The summed E-state index contributed by atoms with van der Waals surface area (Å²) in [5.74, 6) is 0.109. The van der Waals surface area contributed by atoms with Crippen LogP contribution in [0.2, 0.25) is 0 Å². The van der Waals surface area contributed by atoms with Crippen molar-refractivity contribution in [2.75, 3.05) is 0 Å². The smallest absolute Gasteiger partial charge is 0.375 e. The zero-order valence-corrected chi connectivity index (χ0v) is 16.2. The third-order valence-corrected chi connectivity index (χ3v) is 6.57. The minimum atomic E-state index is -5.71. The van der Waals surface area contributed by atoms with Gasteiger partial charge in [0.25, 0.3) is 0 Å². The van der Waals surface area contributed by atoms with Crippen LogP contribution in [-0.4, -0.2) is 13.9 Å². The van der Waals surface area contributed by atoms with Crippen molar-refractivity contribution >= 4 is 16.2 Å². The molecule has 0 aliphatic heterocycles. The number of hydrogen-bond acceptors (Lipinski definition) is 3. The average Bonchev–Trinajstić information content (AvgIpc) is 3.23. The van der Waals surface area contributed by atoms with Gasteiger partial charge in [-0.2, -0.15) is 21.6 Å². The summed E-state index contributed by atoms with van der Waals surface area (Å²) >= 11 is 0. The molecule has 2 aliphatic carbocycles. The third-order valence-electron chi connectivity index (χ3n) is 5.61. The van der Waals surface area contributed by atoms with Crippen molar-refractivity contribution in [3.05, 3.63) is 58.2 Å². The summed E-state index contributed by atoms with van der Waals surface area (Å²) in [4.78, 5) is 0. The zero-order valence-electron chi connectivity index (χ0n) is 15.4. The van der Waals surface area contributed by atoms with Crippen LogP contribution in [0.4, 0.5) is 13.2 Å². The number of allylic oxidation sites excluding steroid dienone is 1. The van der Waals surface area contributed by atoms with Gasteiger partial charge in [0.15, 0.2) is 0 Å². The van der Waals surface area contributed by atoms with E-state index in [1.54, 1.807) is 18.2 Å². The minimum Gasteiger partial charge on any atom is -0.375 e. The monoisotopic (exact) mass is 408 g/mol. The fraction of sp³-hybridized carbons (Fsp3) is 0.333. The Morgan fingerprint density at radius 1 is 1.07 bits per heavy atom. The van der Waals surface area contributed by atoms with Crippen molar-refractivity contribution in [3.8, 4) is 16.9 Å². The Hall–Kier alpha value is -2.28. The molecular weight excluding hydrogens is 389 g/mol. The number of hydrogen-bond donors (Lipinski definition) is 0. The maximum absolute atomic E-state index is 12.7. The summed E-state index contributed by atoms with van der Waals surface area (Å²) in [6.45, 7) is 4.27. The van der Waals surface area contributed by atoms with Crippen LogP contribution < -0.4 is 4.18 Å². The molecule has 0 fully saturated rings. The summed E-state index contributed by atoms with van der Waals surface area (Å²) in [7, 11) is -5.71. The minimum absolute atomic E-state index is 0.290. The van der Waals surface area contributed by atoms with Gasteiger partial charge in [-0.1, -0.05) is 37.3 Å². The van der Waals surface area contributed by atoms with Gasteiger partial charge in [-0.15, -0.1) is 0 Å². The van der Waals surface area contributed by atoms with Gasteiger partial charge < -0.3 is 4.18 Å². The molecule has 0 bridgehead atoms. The molecule has 0 radical (unpaired) electrons. The SMILES string of the molecule is Cc1ccc(-c2ccc(OS(=O)(=O)C(F)(F)F)c3c2CC=C3)c2c1CCC2C. The topological polar surface area (TPSA) is 43.4 Å². The first-order valence-corrected chi connectivity index (χ1v) is 10.5. The molecule has 28 heavy (non-hydrogen) atoms. The summed E-state index contributed by atoms with van der Waals surface area (Å²) in [5.41, 5.74) is 1.57. The molecule has 0 saturated heterocycles. The van der Waals surface area contributed by atoms with E-state index < -0.39 is 15.6 Å². The van der Waals surface area contributed by atoms with E-state index in [0.29, 0.717) is 17.9 Å². The van der Waals surface area contributed by atoms with Gasteiger partial charge in [0, 0.05) is 5.56 Å². The summed E-state index contributed by atoms with van der Waals surface area (Å²) in [6, 6.07) is 7.11. The lowest BCUT2D eigenvalue weighted by molar-refractivity contribution is -0.0500. The summed E-state index contributed by atoms with van der Waals surface area (Å²) in [6.07, 6.45) is 6.03. The second-order valence-electron chi connectivity index (χ2n) is 7.36. The van der Waals surface area contributed by atoms with Crippen LogP contribution in [0.1, 0.15) is 47.1 Å². The average molecular weight is 408 g/mol. The molecule has 0 amide bonds. The quantitative estimate of drug-likeness (QED) is 0.497. The molecule has 148 valence electrons. The first-order valence-electron chi connectivity index (χ1n) is 9.06. The zero-order chi connectivity index (χ0) is 20.3. The Labute approximate surface area is 162 Å². The number of fused-ring (bicyclic) bond motifs is 2. The molecular formula is C21H19F3O3S. The predicted molar refractivity (Wildman–Crippen MR) is 102 cm³/mol. The highest BCUT2D eigenvalue weighted by Crippen LogP contribution is 2.45. The third kappa shape index (κ3) is 2.92. The second kappa shape index (κ2) is 6.37. The Balaban J connectivity index is 1.84. The number of alkyl halides is 3. The maximum atomic E-state index is 12.7. The van der Waals surface area contributed by atoms with Gasteiger partial charge in [-0.3, -0.25) is 0 Å². The van der Waals surface area contributed by atoms with Crippen LogP contribution in [0.3, 0.4) is 0 Å². The second-order valence-corrected chi connectivity index (χ2v) is 8.89. The van der Waals surface area contributed by atoms with E-state index in [1.807, 2.05) is 0 Å². The Kier molecular flexibility index (Phi) is 4.34. The van der Waals surface area contributed by atoms with Crippen molar-refractivity contribution in [2.45, 2.75) is 44.5 Å². The van der Waals surface area contributed by atoms with Crippen LogP contribution >= 0.6 is 0 Å². The molecule has 2 aliphatic rings. The highest BCUT2D eigenvalue weighted by molar-refractivity contribution is 7.88. The maximum Gasteiger partial charge on any atom is 0.534 e. The lowest BCUT2D eigenvalue weighted by Gasteiger charge is -2.19. The molecule has 3 nitrogen and oxygen atoms in total. The van der Waals surface area contributed by atoms with E-state index in [9.17, 15) is 21.6 Å². The molecule has 0 N–H and O–H groups in total. The standard InChI is InChI=1S/C21H19F3O3S/c1-12-6-9-18(20-13(2)7-8-14(12)20)16-10-11-19(17-5-3-4-15(16)17)27-28(25,26)21(22,23)24/h3,5-6,9-11,13H,4,7-8H2,1-2H3.